The lowest BCUT2D eigenvalue weighted by molar-refractivity contribution is -0.117. The van der Waals surface area contributed by atoms with Gasteiger partial charge in [0.2, 0.25) is 5.91 Å². The van der Waals surface area contributed by atoms with Gasteiger partial charge in [-0.15, -0.1) is 0 Å². The van der Waals surface area contributed by atoms with Gasteiger partial charge in [0.1, 0.15) is 0 Å². The predicted molar refractivity (Wildman–Crippen MR) is 86.4 cm³/mol. The van der Waals surface area contributed by atoms with Crippen molar-refractivity contribution in [2.24, 2.45) is 5.41 Å². The SMILES string of the molecule is CC(C)NC(=O)Nc1ccc(NC(=O)CC(C)(C)C)cc1. The number of rotatable bonds is 4. The second-order valence-electron chi connectivity index (χ2n) is 6.62. The topological polar surface area (TPSA) is 70.2 Å². The normalized spacial score (nSPS) is 11.1. The Morgan fingerprint density at radius 1 is 1.00 bits per heavy atom. The van der Waals surface area contributed by atoms with Gasteiger partial charge in [0.25, 0.3) is 0 Å². The first-order valence-electron chi connectivity index (χ1n) is 7.13. The average Bonchev–Trinajstić information content (AvgIpc) is 2.27. The van der Waals surface area contributed by atoms with Crippen molar-refractivity contribution in [2.45, 2.75) is 47.1 Å². The number of carbonyl (C=O) groups excluding carboxylic acids is 2. The molecule has 3 N–H and O–H groups in total. The Balaban J connectivity index is 2.54. The molecule has 1 aromatic rings. The molecule has 0 saturated carbocycles. The van der Waals surface area contributed by atoms with E-state index in [0.717, 1.165) is 5.69 Å². The van der Waals surface area contributed by atoms with Crippen LogP contribution in [0.2, 0.25) is 0 Å². The summed E-state index contributed by atoms with van der Waals surface area (Å²) in [6.07, 6.45) is 0.462. The van der Waals surface area contributed by atoms with E-state index in [-0.39, 0.29) is 23.4 Å². The van der Waals surface area contributed by atoms with E-state index in [1.54, 1.807) is 24.3 Å². The second kappa shape index (κ2) is 7.11. The molecule has 0 aliphatic carbocycles. The molecule has 0 bridgehead atoms. The molecule has 1 aromatic carbocycles. The minimum Gasteiger partial charge on any atom is -0.336 e. The van der Waals surface area contributed by atoms with E-state index in [9.17, 15) is 9.59 Å². The molecule has 0 aliphatic heterocycles. The third kappa shape index (κ3) is 7.34. The Kier molecular flexibility index (Phi) is 5.76. The fraction of sp³-hybridized carbons (Fsp3) is 0.500. The van der Waals surface area contributed by atoms with Crippen molar-refractivity contribution < 1.29 is 9.59 Å². The number of benzene rings is 1. The zero-order chi connectivity index (χ0) is 16.0. The molecule has 21 heavy (non-hydrogen) atoms. The Bertz CT molecular complexity index is 487. The van der Waals surface area contributed by atoms with Crippen LogP contribution in [0, 0.1) is 5.41 Å². The van der Waals surface area contributed by atoms with Crippen LogP contribution >= 0.6 is 0 Å². The molecule has 3 amide bonds. The molecule has 0 atom stereocenters. The van der Waals surface area contributed by atoms with E-state index in [1.165, 1.54) is 0 Å². The number of anilines is 2. The average molecular weight is 291 g/mol. The van der Waals surface area contributed by atoms with Crippen LogP contribution in [0.5, 0.6) is 0 Å². The van der Waals surface area contributed by atoms with E-state index in [4.69, 9.17) is 0 Å². The fourth-order valence-electron chi connectivity index (χ4n) is 1.75. The molecule has 0 spiro atoms. The number of hydrogen-bond donors (Lipinski definition) is 3. The van der Waals surface area contributed by atoms with E-state index >= 15 is 0 Å². The molecule has 5 heteroatoms. The van der Waals surface area contributed by atoms with Crippen LogP contribution in [0.1, 0.15) is 41.0 Å². The third-order valence-electron chi connectivity index (χ3n) is 2.54. The lowest BCUT2D eigenvalue weighted by Crippen LogP contribution is -2.34. The summed E-state index contributed by atoms with van der Waals surface area (Å²) in [5, 5.41) is 8.32. The summed E-state index contributed by atoms with van der Waals surface area (Å²) in [5.41, 5.74) is 1.36. The van der Waals surface area contributed by atoms with Crippen LogP contribution in [0.4, 0.5) is 16.2 Å². The molecule has 0 saturated heterocycles. The first kappa shape index (κ1) is 17.0. The van der Waals surface area contributed by atoms with Crippen molar-refractivity contribution in [3.63, 3.8) is 0 Å². The van der Waals surface area contributed by atoms with Crippen molar-refractivity contribution >= 4 is 23.3 Å². The van der Waals surface area contributed by atoms with E-state index in [0.29, 0.717) is 12.1 Å². The standard InChI is InChI=1S/C16H25N3O2/c1-11(2)17-15(21)19-13-8-6-12(7-9-13)18-14(20)10-16(3,4)5/h6-9,11H,10H2,1-5H3,(H,18,20)(H2,17,19,21). The minimum atomic E-state index is -0.241. The highest BCUT2D eigenvalue weighted by Crippen LogP contribution is 2.20. The Hall–Kier alpha value is -2.04. The van der Waals surface area contributed by atoms with Crippen LogP contribution in [-0.4, -0.2) is 18.0 Å². The van der Waals surface area contributed by atoms with Crippen molar-refractivity contribution in [3.05, 3.63) is 24.3 Å². The van der Waals surface area contributed by atoms with Crippen LogP contribution < -0.4 is 16.0 Å². The summed E-state index contributed by atoms with van der Waals surface area (Å²) in [6, 6.07) is 6.89. The summed E-state index contributed by atoms with van der Waals surface area (Å²) < 4.78 is 0. The predicted octanol–water partition coefficient (Wildman–Crippen LogP) is 3.59. The summed E-state index contributed by atoms with van der Waals surface area (Å²) in [6.45, 7) is 9.85. The zero-order valence-corrected chi connectivity index (χ0v) is 13.4. The molecule has 0 aliphatic rings. The Morgan fingerprint density at radius 3 is 1.90 bits per heavy atom. The lowest BCUT2D eigenvalue weighted by Gasteiger charge is -2.17. The minimum absolute atomic E-state index is 0.0132. The zero-order valence-electron chi connectivity index (χ0n) is 13.4. The molecule has 0 radical (unpaired) electrons. The largest absolute Gasteiger partial charge is 0.336 e. The maximum atomic E-state index is 11.8. The molecule has 0 fully saturated rings. The van der Waals surface area contributed by atoms with Gasteiger partial charge in [-0.05, 0) is 43.5 Å². The highest BCUT2D eigenvalue weighted by Gasteiger charge is 2.15. The highest BCUT2D eigenvalue weighted by atomic mass is 16.2. The molecular formula is C16H25N3O2. The van der Waals surface area contributed by atoms with Gasteiger partial charge in [-0.3, -0.25) is 4.79 Å². The van der Waals surface area contributed by atoms with Crippen molar-refractivity contribution in [1.82, 2.24) is 5.32 Å². The molecule has 0 aromatic heterocycles. The maximum Gasteiger partial charge on any atom is 0.319 e. The number of urea groups is 1. The second-order valence-corrected chi connectivity index (χ2v) is 6.62. The molecule has 0 heterocycles. The van der Waals surface area contributed by atoms with Crippen LogP contribution in [0.3, 0.4) is 0 Å². The van der Waals surface area contributed by atoms with Crippen LogP contribution in [0.25, 0.3) is 0 Å². The Labute approximate surface area is 126 Å². The van der Waals surface area contributed by atoms with Crippen LogP contribution in [-0.2, 0) is 4.79 Å². The van der Waals surface area contributed by atoms with Gasteiger partial charge in [-0.2, -0.15) is 0 Å². The van der Waals surface area contributed by atoms with Gasteiger partial charge in [0, 0.05) is 23.8 Å². The summed E-state index contributed by atoms with van der Waals surface area (Å²) in [4.78, 5) is 23.4. The smallest absolute Gasteiger partial charge is 0.319 e. The summed E-state index contributed by atoms with van der Waals surface area (Å²) in [5.74, 6) is -0.0132. The van der Waals surface area contributed by atoms with Crippen molar-refractivity contribution in [2.75, 3.05) is 10.6 Å². The molecule has 116 valence electrons. The lowest BCUT2D eigenvalue weighted by atomic mass is 9.92. The third-order valence-corrected chi connectivity index (χ3v) is 2.54. The van der Waals surface area contributed by atoms with E-state index in [2.05, 4.69) is 16.0 Å². The maximum absolute atomic E-state index is 11.8. The summed E-state index contributed by atoms with van der Waals surface area (Å²) >= 11 is 0. The van der Waals surface area contributed by atoms with Crippen molar-refractivity contribution in [1.29, 1.82) is 0 Å². The number of nitrogens with one attached hydrogen (secondary N) is 3. The van der Waals surface area contributed by atoms with E-state index < -0.39 is 0 Å². The number of hydrogen-bond acceptors (Lipinski definition) is 2. The quantitative estimate of drug-likeness (QED) is 0.793. The Morgan fingerprint density at radius 2 is 1.48 bits per heavy atom. The van der Waals surface area contributed by atoms with Crippen molar-refractivity contribution in [3.8, 4) is 0 Å². The van der Waals surface area contributed by atoms with Gasteiger partial charge in [-0.25, -0.2) is 4.79 Å². The molecule has 0 unspecified atom stereocenters. The van der Waals surface area contributed by atoms with Crippen LogP contribution in [0.15, 0.2) is 24.3 Å². The van der Waals surface area contributed by atoms with Gasteiger partial charge in [0.15, 0.2) is 0 Å². The number of amides is 3. The molecule has 1 rings (SSSR count). The van der Waals surface area contributed by atoms with E-state index in [1.807, 2.05) is 34.6 Å². The fourth-order valence-corrected chi connectivity index (χ4v) is 1.75. The first-order valence-corrected chi connectivity index (χ1v) is 7.13. The molecular weight excluding hydrogens is 266 g/mol. The first-order chi connectivity index (χ1) is 9.65. The summed E-state index contributed by atoms with van der Waals surface area (Å²) in [7, 11) is 0. The van der Waals surface area contributed by atoms with Gasteiger partial charge < -0.3 is 16.0 Å². The van der Waals surface area contributed by atoms with Gasteiger partial charge >= 0.3 is 6.03 Å². The monoisotopic (exact) mass is 291 g/mol. The van der Waals surface area contributed by atoms with Gasteiger partial charge in [-0.1, -0.05) is 20.8 Å². The number of carbonyl (C=O) groups is 2. The van der Waals surface area contributed by atoms with Gasteiger partial charge in [0.05, 0.1) is 0 Å². The molecule has 5 nitrogen and oxygen atoms in total. The highest BCUT2D eigenvalue weighted by molar-refractivity contribution is 5.92.